The van der Waals surface area contributed by atoms with Gasteiger partial charge in [0.2, 0.25) is 0 Å². The van der Waals surface area contributed by atoms with Crippen molar-refractivity contribution in [2.45, 2.75) is 18.6 Å². The molecule has 0 saturated heterocycles. The molecule has 1 aromatic carbocycles. The fraction of sp³-hybridized carbons (Fsp3) is 0.267. The number of nitrogen functional groups attached to an aromatic ring is 1. The molecule has 110 valence electrons. The fourth-order valence-corrected chi connectivity index (χ4v) is 4.07. The predicted molar refractivity (Wildman–Crippen MR) is 86.8 cm³/mol. The van der Waals surface area contributed by atoms with E-state index < -0.39 is 14.6 Å². The van der Waals surface area contributed by atoms with Crippen LogP contribution in [0.1, 0.15) is 23.6 Å². The summed E-state index contributed by atoms with van der Waals surface area (Å²) in [7, 11) is -3.35. The molecule has 21 heavy (non-hydrogen) atoms. The van der Waals surface area contributed by atoms with Crippen molar-refractivity contribution in [1.82, 2.24) is 0 Å². The number of nitrogens with two attached hydrogens (primary N) is 1. The lowest BCUT2D eigenvalue weighted by Crippen LogP contribution is -2.27. The average Bonchev–Trinajstić information content (AvgIpc) is 2.76. The number of nitrogens with zero attached hydrogens (tertiary/aromatic N) is 1. The summed E-state index contributed by atoms with van der Waals surface area (Å²) in [4.78, 5) is 0.950. The van der Waals surface area contributed by atoms with Crippen molar-refractivity contribution in [3.05, 3.63) is 40.1 Å². The topological polar surface area (TPSA) is 83.9 Å². The highest BCUT2D eigenvalue weighted by Gasteiger charge is 2.38. The zero-order valence-corrected chi connectivity index (χ0v) is 13.7. The standard InChI is InChI=1S/C15H16N2O2S2/c1-15(2,21(3,18)19)14-12(10-7-5-4-6-8-10)13(17)11(9-16)20-14/h4-8H,17H2,1-3H3. The molecule has 0 bridgehead atoms. The normalized spacial score (nSPS) is 12.1. The van der Waals surface area contributed by atoms with E-state index in [0.29, 0.717) is 21.0 Å². The van der Waals surface area contributed by atoms with Crippen molar-refractivity contribution in [3.8, 4) is 17.2 Å². The van der Waals surface area contributed by atoms with Crippen molar-refractivity contribution in [2.75, 3.05) is 12.0 Å². The fourth-order valence-electron chi connectivity index (χ4n) is 2.01. The summed E-state index contributed by atoms with van der Waals surface area (Å²) < 4.78 is 23.2. The molecule has 0 radical (unpaired) electrons. The molecule has 0 fully saturated rings. The van der Waals surface area contributed by atoms with E-state index in [1.165, 1.54) is 6.26 Å². The average molecular weight is 320 g/mol. The van der Waals surface area contributed by atoms with E-state index in [9.17, 15) is 13.7 Å². The van der Waals surface area contributed by atoms with Crippen LogP contribution in [0, 0.1) is 11.3 Å². The summed E-state index contributed by atoms with van der Waals surface area (Å²) >= 11 is 1.15. The minimum absolute atomic E-state index is 0.348. The number of hydrogen-bond donors (Lipinski definition) is 1. The van der Waals surface area contributed by atoms with Crippen LogP contribution in [-0.4, -0.2) is 14.7 Å². The second-order valence-electron chi connectivity index (χ2n) is 5.31. The second-order valence-corrected chi connectivity index (χ2v) is 8.89. The lowest BCUT2D eigenvalue weighted by atomic mass is 9.99. The third-order valence-corrected chi connectivity index (χ3v) is 7.20. The van der Waals surface area contributed by atoms with Gasteiger partial charge in [-0.05, 0) is 19.4 Å². The molecular weight excluding hydrogens is 304 g/mol. The quantitative estimate of drug-likeness (QED) is 0.941. The smallest absolute Gasteiger partial charge is 0.157 e. The first-order valence-electron chi connectivity index (χ1n) is 6.28. The number of sulfone groups is 1. The Hall–Kier alpha value is -1.84. The molecule has 4 nitrogen and oxygen atoms in total. The highest BCUT2D eigenvalue weighted by atomic mass is 32.2. The van der Waals surface area contributed by atoms with E-state index in [-0.39, 0.29) is 0 Å². The minimum Gasteiger partial charge on any atom is -0.396 e. The van der Waals surface area contributed by atoms with Gasteiger partial charge >= 0.3 is 0 Å². The van der Waals surface area contributed by atoms with E-state index in [2.05, 4.69) is 0 Å². The van der Waals surface area contributed by atoms with Crippen LogP contribution in [0.15, 0.2) is 30.3 Å². The summed E-state index contributed by atoms with van der Waals surface area (Å²) in [6.07, 6.45) is 1.20. The van der Waals surface area contributed by atoms with Crippen molar-refractivity contribution in [1.29, 1.82) is 5.26 Å². The number of nitriles is 1. The molecule has 1 heterocycles. The highest BCUT2D eigenvalue weighted by molar-refractivity contribution is 7.91. The van der Waals surface area contributed by atoms with Crippen LogP contribution in [0.4, 0.5) is 5.69 Å². The monoisotopic (exact) mass is 320 g/mol. The van der Waals surface area contributed by atoms with Crippen LogP contribution in [0.25, 0.3) is 11.1 Å². The molecular formula is C15H16N2O2S2. The molecule has 0 atom stereocenters. The molecule has 0 aliphatic heterocycles. The van der Waals surface area contributed by atoms with Gasteiger partial charge in [-0.3, -0.25) is 0 Å². The summed E-state index contributed by atoms with van der Waals surface area (Å²) in [5.41, 5.74) is 7.89. The van der Waals surface area contributed by atoms with E-state index >= 15 is 0 Å². The number of anilines is 1. The molecule has 0 saturated carbocycles. The Labute approximate surface area is 128 Å². The Morgan fingerprint density at radius 1 is 1.24 bits per heavy atom. The van der Waals surface area contributed by atoms with Gasteiger partial charge in [-0.15, -0.1) is 11.3 Å². The second kappa shape index (κ2) is 5.17. The molecule has 0 amide bonds. The first-order chi connectivity index (χ1) is 9.70. The highest BCUT2D eigenvalue weighted by Crippen LogP contribution is 2.46. The van der Waals surface area contributed by atoms with E-state index in [1.54, 1.807) is 13.8 Å². The third-order valence-electron chi connectivity index (χ3n) is 3.58. The SMILES string of the molecule is CC(C)(c1sc(C#N)c(N)c1-c1ccccc1)S(C)(=O)=O. The number of rotatable bonds is 3. The van der Waals surface area contributed by atoms with Crippen molar-refractivity contribution >= 4 is 26.9 Å². The van der Waals surface area contributed by atoms with Gasteiger partial charge in [0, 0.05) is 16.7 Å². The van der Waals surface area contributed by atoms with Crippen LogP contribution < -0.4 is 5.73 Å². The predicted octanol–water partition coefficient (Wildman–Crippen LogP) is 3.15. The van der Waals surface area contributed by atoms with Gasteiger partial charge in [0.05, 0.1) is 5.69 Å². The Balaban J connectivity index is 2.83. The number of thiophene rings is 1. The molecule has 0 aliphatic rings. The van der Waals surface area contributed by atoms with Crippen LogP contribution in [0.5, 0.6) is 0 Å². The molecule has 6 heteroatoms. The van der Waals surface area contributed by atoms with Crippen LogP contribution in [0.2, 0.25) is 0 Å². The zero-order valence-electron chi connectivity index (χ0n) is 12.0. The Morgan fingerprint density at radius 3 is 2.29 bits per heavy atom. The first-order valence-corrected chi connectivity index (χ1v) is 8.98. The Morgan fingerprint density at radius 2 is 1.81 bits per heavy atom. The van der Waals surface area contributed by atoms with Gasteiger partial charge in [0.1, 0.15) is 15.7 Å². The lowest BCUT2D eigenvalue weighted by Gasteiger charge is -2.23. The van der Waals surface area contributed by atoms with Crippen LogP contribution in [-0.2, 0) is 14.6 Å². The van der Waals surface area contributed by atoms with Crippen LogP contribution >= 0.6 is 11.3 Å². The van der Waals surface area contributed by atoms with Crippen molar-refractivity contribution in [3.63, 3.8) is 0 Å². The number of benzene rings is 1. The maximum absolute atomic E-state index is 12.1. The van der Waals surface area contributed by atoms with Crippen LogP contribution in [0.3, 0.4) is 0 Å². The number of hydrogen-bond acceptors (Lipinski definition) is 5. The van der Waals surface area contributed by atoms with Gasteiger partial charge in [-0.25, -0.2) is 8.42 Å². The molecule has 0 spiro atoms. The van der Waals surface area contributed by atoms with Gasteiger partial charge in [0.25, 0.3) is 0 Å². The summed E-state index contributed by atoms with van der Waals surface area (Å²) in [5, 5.41) is 9.20. The van der Waals surface area contributed by atoms with Gasteiger partial charge in [-0.2, -0.15) is 5.26 Å². The molecule has 2 aromatic rings. The minimum atomic E-state index is -3.35. The summed E-state index contributed by atoms with van der Waals surface area (Å²) in [5.74, 6) is 0. The summed E-state index contributed by atoms with van der Waals surface area (Å²) in [6.45, 7) is 3.28. The van der Waals surface area contributed by atoms with E-state index in [1.807, 2.05) is 36.4 Å². The van der Waals surface area contributed by atoms with Gasteiger partial charge < -0.3 is 5.73 Å². The van der Waals surface area contributed by atoms with Gasteiger partial charge in [-0.1, -0.05) is 30.3 Å². The molecule has 1 aromatic heterocycles. The lowest BCUT2D eigenvalue weighted by molar-refractivity contribution is 0.564. The zero-order chi connectivity index (χ0) is 15.8. The first kappa shape index (κ1) is 15.5. The third kappa shape index (κ3) is 2.55. The maximum Gasteiger partial charge on any atom is 0.157 e. The molecule has 0 unspecified atom stereocenters. The van der Waals surface area contributed by atoms with E-state index in [4.69, 9.17) is 5.73 Å². The maximum atomic E-state index is 12.1. The van der Waals surface area contributed by atoms with Crippen molar-refractivity contribution < 1.29 is 8.42 Å². The summed E-state index contributed by atoms with van der Waals surface area (Å²) in [6, 6.07) is 11.4. The Bertz CT molecular complexity index is 813. The van der Waals surface area contributed by atoms with E-state index in [0.717, 1.165) is 16.9 Å². The largest absolute Gasteiger partial charge is 0.396 e. The van der Waals surface area contributed by atoms with Crippen molar-refractivity contribution in [2.24, 2.45) is 0 Å². The molecule has 2 rings (SSSR count). The molecule has 0 aliphatic carbocycles. The Kier molecular flexibility index (Phi) is 3.83. The molecule has 2 N–H and O–H groups in total. The van der Waals surface area contributed by atoms with Gasteiger partial charge in [0.15, 0.2) is 9.84 Å².